The average Bonchev–Trinajstić information content (AvgIpc) is 2.84. The molecule has 0 spiro atoms. The van der Waals surface area contributed by atoms with Crippen LogP contribution in [0.5, 0.6) is 0 Å². The number of nitrogens with two attached hydrogens (primary N) is 1. The summed E-state index contributed by atoms with van der Waals surface area (Å²) < 4.78 is 0. The molecule has 0 bridgehead atoms. The lowest BCUT2D eigenvalue weighted by Gasteiger charge is -2.19. The number of urea groups is 1. The second kappa shape index (κ2) is 5.53. The normalized spacial score (nSPS) is 9.95. The van der Waals surface area contributed by atoms with Crippen molar-refractivity contribution in [2.24, 2.45) is 0 Å². The van der Waals surface area contributed by atoms with Crippen molar-refractivity contribution >= 4 is 39.7 Å². The van der Waals surface area contributed by atoms with Gasteiger partial charge in [0, 0.05) is 12.6 Å². The van der Waals surface area contributed by atoms with E-state index in [0.29, 0.717) is 16.4 Å². The first-order valence-corrected chi connectivity index (χ1v) is 6.46. The number of carbonyl (C=O) groups excluding carboxylic acids is 2. The van der Waals surface area contributed by atoms with Crippen LogP contribution < -0.4 is 16.0 Å². The van der Waals surface area contributed by atoms with Gasteiger partial charge in [0.2, 0.25) is 5.91 Å². The van der Waals surface area contributed by atoms with Gasteiger partial charge in [-0.05, 0) is 41.8 Å². The number of hydrogen-bond donors (Lipinski definition) is 2. The number of nitrogens with zero attached hydrogens (tertiary/aromatic N) is 1. The summed E-state index contributed by atoms with van der Waals surface area (Å²) in [5.41, 5.74) is 6.64. The van der Waals surface area contributed by atoms with Crippen LogP contribution in [-0.2, 0) is 4.79 Å². The zero-order valence-electron chi connectivity index (χ0n) is 10.3. The third-order valence-electron chi connectivity index (χ3n) is 2.42. The van der Waals surface area contributed by atoms with Gasteiger partial charge in [-0.25, -0.2) is 9.69 Å². The number of anilines is 3. The summed E-state index contributed by atoms with van der Waals surface area (Å²) in [7, 11) is 0. The Morgan fingerprint density at radius 1 is 1.21 bits per heavy atom. The topological polar surface area (TPSA) is 75.4 Å². The van der Waals surface area contributed by atoms with Gasteiger partial charge in [0.25, 0.3) is 0 Å². The molecule has 98 valence electrons. The van der Waals surface area contributed by atoms with Gasteiger partial charge in [0.05, 0.1) is 10.7 Å². The number of carbonyl (C=O) groups is 2. The summed E-state index contributed by atoms with van der Waals surface area (Å²) in [5, 5.41) is 5.20. The maximum Gasteiger partial charge on any atom is 0.333 e. The van der Waals surface area contributed by atoms with E-state index >= 15 is 0 Å². The zero-order chi connectivity index (χ0) is 13.8. The van der Waals surface area contributed by atoms with Crippen molar-refractivity contribution in [1.82, 2.24) is 0 Å². The number of rotatable bonds is 2. The van der Waals surface area contributed by atoms with Gasteiger partial charge in [0.1, 0.15) is 0 Å². The molecular formula is C13H13N3O2S. The quantitative estimate of drug-likeness (QED) is 0.827. The van der Waals surface area contributed by atoms with Gasteiger partial charge < -0.3 is 5.73 Å². The van der Waals surface area contributed by atoms with Gasteiger partial charge in [-0.1, -0.05) is 0 Å². The summed E-state index contributed by atoms with van der Waals surface area (Å²) in [5.74, 6) is -0.362. The van der Waals surface area contributed by atoms with E-state index in [1.54, 1.807) is 30.3 Å². The Labute approximate surface area is 114 Å². The van der Waals surface area contributed by atoms with Crippen LogP contribution in [0.2, 0.25) is 0 Å². The molecule has 0 saturated carbocycles. The van der Waals surface area contributed by atoms with Crippen LogP contribution in [0.15, 0.2) is 41.8 Å². The molecule has 1 aromatic heterocycles. The second-order valence-electron chi connectivity index (χ2n) is 3.85. The minimum Gasteiger partial charge on any atom is -0.399 e. The van der Waals surface area contributed by atoms with Crippen molar-refractivity contribution in [3.63, 3.8) is 0 Å². The summed E-state index contributed by atoms with van der Waals surface area (Å²) in [4.78, 5) is 24.8. The number of hydrogen-bond acceptors (Lipinski definition) is 4. The predicted octanol–water partition coefficient (Wildman–Crippen LogP) is 2.92. The largest absolute Gasteiger partial charge is 0.399 e. The molecule has 0 radical (unpaired) electrons. The first-order chi connectivity index (χ1) is 9.08. The molecule has 6 heteroatoms. The molecule has 3 amide bonds. The van der Waals surface area contributed by atoms with Gasteiger partial charge in [-0.3, -0.25) is 10.1 Å². The predicted molar refractivity (Wildman–Crippen MR) is 77.4 cm³/mol. The van der Waals surface area contributed by atoms with Gasteiger partial charge >= 0.3 is 6.03 Å². The second-order valence-corrected chi connectivity index (χ2v) is 4.80. The summed E-state index contributed by atoms with van der Waals surface area (Å²) in [6.07, 6.45) is 0. The molecule has 0 saturated heterocycles. The third-order valence-corrected chi connectivity index (χ3v) is 3.21. The van der Waals surface area contributed by atoms with Crippen LogP contribution in [0, 0.1) is 0 Å². The van der Waals surface area contributed by atoms with Gasteiger partial charge in [0.15, 0.2) is 0 Å². The molecule has 0 unspecified atom stereocenters. The van der Waals surface area contributed by atoms with Crippen molar-refractivity contribution in [3.8, 4) is 0 Å². The molecular weight excluding hydrogens is 262 g/mol. The van der Waals surface area contributed by atoms with E-state index in [1.807, 2.05) is 11.4 Å². The minimum absolute atomic E-state index is 0.362. The standard InChI is InChI=1S/C13H13N3O2S/c1-9(17)16(11-6-4-10(14)5-7-11)13(18)15-12-3-2-8-19-12/h2-8H,14H2,1H3,(H,15,18). The lowest BCUT2D eigenvalue weighted by molar-refractivity contribution is -0.115. The smallest absolute Gasteiger partial charge is 0.333 e. The van der Waals surface area contributed by atoms with Crippen LogP contribution in [0.1, 0.15) is 6.92 Å². The monoisotopic (exact) mass is 275 g/mol. The maximum atomic E-state index is 12.1. The van der Waals surface area contributed by atoms with Crippen molar-refractivity contribution in [1.29, 1.82) is 0 Å². The average molecular weight is 275 g/mol. The summed E-state index contributed by atoms with van der Waals surface area (Å²) in [6.45, 7) is 1.34. The molecule has 2 aromatic rings. The van der Waals surface area contributed by atoms with Crippen LogP contribution >= 0.6 is 11.3 Å². The molecule has 0 atom stereocenters. The zero-order valence-corrected chi connectivity index (χ0v) is 11.1. The number of thiophene rings is 1. The van der Waals surface area contributed by atoms with E-state index in [1.165, 1.54) is 18.3 Å². The summed E-state index contributed by atoms with van der Waals surface area (Å²) >= 11 is 1.39. The molecule has 3 N–H and O–H groups in total. The van der Waals surface area contributed by atoms with Gasteiger partial charge in [-0.2, -0.15) is 0 Å². The first kappa shape index (κ1) is 13.1. The molecule has 0 aliphatic carbocycles. The van der Waals surface area contributed by atoms with E-state index in [4.69, 9.17) is 5.73 Å². The Balaban J connectivity index is 2.22. The lowest BCUT2D eigenvalue weighted by Crippen LogP contribution is -2.38. The van der Waals surface area contributed by atoms with E-state index in [9.17, 15) is 9.59 Å². The molecule has 2 rings (SSSR count). The Bertz CT molecular complexity index is 578. The van der Waals surface area contributed by atoms with Crippen molar-refractivity contribution < 1.29 is 9.59 Å². The van der Waals surface area contributed by atoms with E-state index in [2.05, 4.69) is 5.32 Å². The minimum atomic E-state index is -0.486. The van der Waals surface area contributed by atoms with E-state index in [-0.39, 0.29) is 5.91 Å². The molecule has 19 heavy (non-hydrogen) atoms. The van der Waals surface area contributed by atoms with E-state index in [0.717, 1.165) is 4.90 Å². The maximum absolute atomic E-state index is 12.1. The van der Waals surface area contributed by atoms with Crippen molar-refractivity contribution in [2.45, 2.75) is 6.92 Å². The van der Waals surface area contributed by atoms with Crippen molar-refractivity contribution in [3.05, 3.63) is 41.8 Å². The Morgan fingerprint density at radius 3 is 2.42 bits per heavy atom. The highest BCUT2D eigenvalue weighted by Gasteiger charge is 2.20. The SMILES string of the molecule is CC(=O)N(C(=O)Nc1cccs1)c1ccc(N)cc1. The first-order valence-electron chi connectivity index (χ1n) is 5.58. The van der Waals surface area contributed by atoms with Crippen LogP contribution in [0.25, 0.3) is 0 Å². The Kier molecular flexibility index (Phi) is 3.82. The highest BCUT2D eigenvalue weighted by Crippen LogP contribution is 2.20. The molecule has 1 heterocycles. The van der Waals surface area contributed by atoms with Crippen LogP contribution in [0.4, 0.5) is 21.2 Å². The molecule has 5 nitrogen and oxygen atoms in total. The fourth-order valence-electron chi connectivity index (χ4n) is 1.58. The third kappa shape index (κ3) is 3.11. The molecule has 0 fully saturated rings. The summed E-state index contributed by atoms with van der Waals surface area (Å²) in [6, 6.07) is 9.65. The fraction of sp³-hybridized carbons (Fsp3) is 0.0769. The number of nitrogens with one attached hydrogen (secondary N) is 1. The number of imide groups is 1. The molecule has 1 aromatic carbocycles. The molecule has 0 aliphatic rings. The van der Waals surface area contributed by atoms with Crippen LogP contribution in [-0.4, -0.2) is 11.9 Å². The Morgan fingerprint density at radius 2 is 1.89 bits per heavy atom. The van der Waals surface area contributed by atoms with E-state index < -0.39 is 6.03 Å². The lowest BCUT2D eigenvalue weighted by atomic mass is 10.2. The fourth-order valence-corrected chi connectivity index (χ4v) is 2.18. The number of nitrogen functional groups attached to an aromatic ring is 1. The molecule has 0 aliphatic heterocycles. The highest BCUT2D eigenvalue weighted by molar-refractivity contribution is 7.14. The number of amides is 3. The van der Waals surface area contributed by atoms with Crippen molar-refractivity contribution in [2.75, 3.05) is 16.0 Å². The Hall–Kier alpha value is -2.34. The van der Waals surface area contributed by atoms with Gasteiger partial charge in [-0.15, -0.1) is 11.3 Å². The highest BCUT2D eigenvalue weighted by atomic mass is 32.1. The van der Waals surface area contributed by atoms with Crippen LogP contribution in [0.3, 0.4) is 0 Å². The number of benzene rings is 1.